The number of hydrogen-bond acceptors (Lipinski definition) is 3. The van der Waals surface area contributed by atoms with Crippen molar-refractivity contribution in [3.8, 4) is 0 Å². The average molecular weight is 209 g/mol. The van der Waals surface area contributed by atoms with E-state index in [0.29, 0.717) is 11.9 Å². The molecule has 82 valence electrons. The molecule has 2 amide bonds. The summed E-state index contributed by atoms with van der Waals surface area (Å²) in [5.41, 5.74) is 0. The molecule has 0 unspecified atom stereocenters. The van der Waals surface area contributed by atoms with Crippen LogP contribution >= 0.6 is 0 Å². The molecule has 1 aliphatic rings. The first kappa shape index (κ1) is 10.0. The van der Waals surface area contributed by atoms with Gasteiger partial charge in [-0.3, -0.25) is 5.32 Å². The van der Waals surface area contributed by atoms with E-state index in [-0.39, 0.29) is 6.03 Å². The largest absolute Gasteiger partial charge is 0.338 e. The minimum Gasteiger partial charge on any atom is -0.338 e. The van der Waals surface area contributed by atoms with E-state index in [1.165, 1.54) is 25.5 Å². The lowest BCUT2D eigenvalue weighted by atomic mass is 9.96. The molecule has 5 heteroatoms. The molecule has 0 spiro atoms. The number of nitrogens with one attached hydrogen (secondary N) is 2. The lowest BCUT2D eigenvalue weighted by Gasteiger charge is -2.22. The van der Waals surface area contributed by atoms with Crippen molar-refractivity contribution in [3.63, 3.8) is 0 Å². The normalized spacial score (nSPS) is 17.3. The van der Waals surface area contributed by atoms with Crippen molar-refractivity contribution in [3.05, 3.63) is 12.3 Å². The Morgan fingerprint density at radius 1 is 1.40 bits per heavy atom. The fraction of sp³-hybridized carbons (Fsp3) is 0.600. The number of hydrogen-bond donors (Lipinski definition) is 2. The van der Waals surface area contributed by atoms with Crippen LogP contribution in [-0.2, 0) is 0 Å². The summed E-state index contributed by atoms with van der Waals surface area (Å²) in [5, 5.41) is 9.01. The summed E-state index contributed by atoms with van der Waals surface area (Å²) in [6.07, 6.45) is 7.33. The number of carbonyl (C=O) groups excluding carboxylic acids is 1. The van der Waals surface area contributed by atoms with Crippen LogP contribution in [0.3, 0.4) is 0 Å². The molecule has 2 rings (SSSR count). The molecule has 1 aromatic rings. The van der Waals surface area contributed by atoms with Crippen molar-refractivity contribution in [2.45, 2.75) is 38.1 Å². The Bertz CT molecular complexity index is 304. The minimum atomic E-state index is -0.210. The molecule has 0 aliphatic heterocycles. The standard InChI is InChI=1S/C10H15N3O2/c14-10(13-9-6-7-11-15-9)12-8-4-2-1-3-5-8/h6-8H,1-5H2,(H2,12,13,14). The van der Waals surface area contributed by atoms with Crippen LogP contribution in [0.15, 0.2) is 16.8 Å². The molecule has 0 bridgehead atoms. The quantitative estimate of drug-likeness (QED) is 0.784. The second-order valence-corrected chi connectivity index (χ2v) is 3.81. The van der Waals surface area contributed by atoms with Gasteiger partial charge in [-0.1, -0.05) is 24.4 Å². The Morgan fingerprint density at radius 3 is 2.87 bits per heavy atom. The first-order valence-electron chi connectivity index (χ1n) is 5.33. The predicted octanol–water partition coefficient (Wildman–Crippen LogP) is 2.13. The number of amides is 2. The summed E-state index contributed by atoms with van der Waals surface area (Å²) >= 11 is 0. The highest BCUT2D eigenvalue weighted by molar-refractivity contribution is 5.87. The van der Waals surface area contributed by atoms with Crippen LogP contribution in [0.25, 0.3) is 0 Å². The SMILES string of the molecule is O=C(Nc1ccno1)NC1CCCCC1. The number of carbonyl (C=O) groups is 1. The molecular formula is C10H15N3O2. The number of nitrogens with zero attached hydrogens (tertiary/aromatic N) is 1. The molecule has 15 heavy (non-hydrogen) atoms. The van der Waals surface area contributed by atoms with Gasteiger partial charge in [0.05, 0.1) is 6.20 Å². The Kier molecular flexibility index (Phi) is 3.22. The van der Waals surface area contributed by atoms with Crippen LogP contribution in [0.4, 0.5) is 10.7 Å². The van der Waals surface area contributed by atoms with Gasteiger partial charge in [-0.25, -0.2) is 4.79 Å². The van der Waals surface area contributed by atoms with Crippen molar-refractivity contribution in [2.24, 2.45) is 0 Å². The Morgan fingerprint density at radius 2 is 2.20 bits per heavy atom. The first-order chi connectivity index (χ1) is 7.34. The van der Waals surface area contributed by atoms with Gasteiger partial charge >= 0.3 is 6.03 Å². The summed E-state index contributed by atoms with van der Waals surface area (Å²) in [6, 6.07) is 1.71. The number of anilines is 1. The van der Waals surface area contributed by atoms with E-state index >= 15 is 0 Å². The highest BCUT2D eigenvalue weighted by Crippen LogP contribution is 2.17. The third-order valence-electron chi connectivity index (χ3n) is 2.61. The molecule has 2 N–H and O–H groups in total. The van der Waals surface area contributed by atoms with E-state index in [1.807, 2.05) is 0 Å². The maximum atomic E-state index is 11.5. The van der Waals surface area contributed by atoms with Crippen LogP contribution in [0, 0.1) is 0 Å². The summed E-state index contributed by atoms with van der Waals surface area (Å²) < 4.78 is 4.77. The number of urea groups is 1. The third kappa shape index (κ3) is 2.97. The van der Waals surface area contributed by atoms with Crippen LogP contribution in [0.1, 0.15) is 32.1 Å². The van der Waals surface area contributed by atoms with E-state index in [0.717, 1.165) is 12.8 Å². The fourth-order valence-electron chi connectivity index (χ4n) is 1.86. The Hall–Kier alpha value is -1.52. The van der Waals surface area contributed by atoms with E-state index in [2.05, 4.69) is 15.8 Å². The first-order valence-corrected chi connectivity index (χ1v) is 5.33. The zero-order valence-electron chi connectivity index (χ0n) is 8.53. The van der Waals surface area contributed by atoms with Gasteiger partial charge in [0.15, 0.2) is 0 Å². The zero-order chi connectivity index (χ0) is 10.5. The lowest BCUT2D eigenvalue weighted by molar-refractivity contribution is 0.243. The minimum absolute atomic E-state index is 0.210. The number of aromatic nitrogens is 1. The maximum Gasteiger partial charge on any atom is 0.321 e. The maximum absolute atomic E-state index is 11.5. The number of rotatable bonds is 2. The highest BCUT2D eigenvalue weighted by atomic mass is 16.5. The lowest BCUT2D eigenvalue weighted by Crippen LogP contribution is -2.38. The van der Waals surface area contributed by atoms with Gasteiger partial charge in [0.25, 0.3) is 0 Å². The molecule has 0 aromatic carbocycles. The van der Waals surface area contributed by atoms with Gasteiger partial charge in [-0.05, 0) is 12.8 Å². The van der Waals surface area contributed by atoms with Gasteiger partial charge in [-0.2, -0.15) is 0 Å². The fourth-order valence-corrected chi connectivity index (χ4v) is 1.86. The molecule has 1 fully saturated rings. The summed E-state index contributed by atoms with van der Waals surface area (Å²) in [6.45, 7) is 0. The molecule has 0 radical (unpaired) electrons. The van der Waals surface area contributed by atoms with Gasteiger partial charge in [0.1, 0.15) is 0 Å². The van der Waals surface area contributed by atoms with E-state index in [4.69, 9.17) is 4.52 Å². The van der Waals surface area contributed by atoms with E-state index in [9.17, 15) is 4.79 Å². The molecule has 5 nitrogen and oxygen atoms in total. The van der Waals surface area contributed by atoms with Crippen molar-refractivity contribution in [1.82, 2.24) is 10.5 Å². The summed E-state index contributed by atoms with van der Waals surface area (Å²) in [7, 11) is 0. The van der Waals surface area contributed by atoms with Crippen LogP contribution in [0.2, 0.25) is 0 Å². The summed E-state index contributed by atoms with van der Waals surface area (Å²) in [5.74, 6) is 0.378. The topological polar surface area (TPSA) is 67.2 Å². The molecule has 1 aliphatic carbocycles. The van der Waals surface area contributed by atoms with E-state index in [1.54, 1.807) is 6.07 Å². The monoisotopic (exact) mass is 209 g/mol. The van der Waals surface area contributed by atoms with Crippen LogP contribution < -0.4 is 10.6 Å². The molecular weight excluding hydrogens is 194 g/mol. The molecule has 1 aromatic heterocycles. The molecule has 1 saturated carbocycles. The van der Waals surface area contributed by atoms with Crippen molar-refractivity contribution >= 4 is 11.9 Å². The zero-order valence-corrected chi connectivity index (χ0v) is 8.53. The Balaban J connectivity index is 1.76. The van der Waals surface area contributed by atoms with Gasteiger partial charge in [0.2, 0.25) is 5.88 Å². The molecule has 0 atom stereocenters. The second kappa shape index (κ2) is 4.82. The third-order valence-corrected chi connectivity index (χ3v) is 2.61. The van der Waals surface area contributed by atoms with Crippen molar-refractivity contribution < 1.29 is 9.32 Å². The average Bonchev–Trinajstić information content (AvgIpc) is 2.71. The van der Waals surface area contributed by atoms with Crippen molar-refractivity contribution in [2.75, 3.05) is 5.32 Å². The summed E-state index contributed by atoms with van der Waals surface area (Å²) in [4.78, 5) is 11.5. The highest BCUT2D eigenvalue weighted by Gasteiger charge is 2.15. The predicted molar refractivity (Wildman–Crippen MR) is 55.5 cm³/mol. The second-order valence-electron chi connectivity index (χ2n) is 3.81. The van der Waals surface area contributed by atoms with Gasteiger partial charge in [0, 0.05) is 12.1 Å². The van der Waals surface area contributed by atoms with E-state index < -0.39 is 0 Å². The smallest absolute Gasteiger partial charge is 0.321 e. The van der Waals surface area contributed by atoms with Gasteiger partial charge < -0.3 is 9.84 Å². The molecule has 0 saturated heterocycles. The molecule has 1 heterocycles. The van der Waals surface area contributed by atoms with Crippen molar-refractivity contribution in [1.29, 1.82) is 0 Å². The Labute approximate surface area is 88.2 Å². The van der Waals surface area contributed by atoms with Crippen LogP contribution in [0.5, 0.6) is 0 Å². The van der Waals surface area contributed by atoms with Gasteiger partial charge in [-0.15, -0.1) is 0 Å². The van der Waals surface area contributed by atoms with Crippen LogP contribution in [-0.4, -0.2) is 17.2 Å².